The fraction of sp³-hybridized carbons (Fsp3) is 0.500. The van der Waals surface area contributed by atoms with Crippen LogP contribution in [-0.4, -0.2) is 23.3 Å². The van der Waals surface area contributed by atoms with Gasteiger partial charge in [0.15, 0.2) is 5.78 Å². The van der Waals surface area contributed by atoms with E-state index in [1.54, 1.807) is 6.92 Å². The van der Waals surface area contributed by atoms with Crippen LogP contribution in [0.15, 0.2) is 18.2 Å². The maximum absolute atomic E-state index is 11.3. The Morgan fingerprint density at radius 2 is 2.22 bits per heavy atom. The molecule has 2 unspecified atom stereocenters. The highest BCUT2D eigenvalue weighted by Crippen LogP contribution is 2.31. The summed E-state index contributed by atoms with van der Waals surface area (Å²) >= 11 is 1.92. The number of nitrogen functional groups attached to an aromatic ring is 1. The standard InChI is InChI=1S/C14H20N2OS/c1-9(17)11-7-6-10(8-12(11)15)16-13-4-3-5-14(13)18-2/h6-8,13-14,16H,3-5,15H2,1-2H3. The van der Waals surface area contributed by atoms with E-state index in [4.69, 9.17) is 5.73 Å². The van der Waals surface area contributed by atoms with Crippen molar-refractivity contribution in [1.82, 2.24) is 0 Å². The third-order valence-electron chi connectivity index (χ3n) is 3.54. The molecule has 0 bridgehead atoms. The number of Topliss-reactive ketones (excluding diaryl/α,β-unsaturated/α-hetero) is 1. The number of carbonyl (C=O) groups excluding carboxylic acids is 1. The number of hydrogen-bond donors (Lipinski definition) is 2. The normalized spacial score (nSPS) is 23.0. The first-order valence-electron chi connectivity index (χ1n) is 6.31. The predicted octanol–water partition coefficient (Wildman–Crippen LogP) is 3.17. The van der Waals surface area contributed by atoms with Gasteiger partial charge >= 0.3 is 0 Å². The van der Waals surface area contributed by atoms with Gasteiger partial charge in [-0.2, -0.15) is 11.8 Å². The van der Waals surface area contributed by atoms with E-state index in [9.17, 15) is 4.79 Å². The van der Waals surface area contributed by atoms with Gasteiger partial charge < -0.3 is 11.1 Å². The highest BCUT2D eigenvalue weighted by molar-refractivity contribution is 7.99. The van der Waals surface area contributed by atoms with Crippen LogP contribution in [0.1, 0.15) is 36.5 Å². The first kappa shape index (κ1) is 13.3. The number of rotatable bonds is 4. The van der Waals surface area contributed by atoms with Crippen LogP contribution in [0.3, 0.4) is 0 Å². The molecule has 1 aromatic rings. The van der Waals surface area contributed by atoms with E-state index >= 15 is 0 Å². The summed E-state index contributed by atoms with van der Waals surface area (Å²) in [5, 5.41) is 4.22. The number of benzene rings is 1. The Labute approximate surface area is 113 Å². The van der Waals surface area contributed by atoms with Gasteiger partial charge in [0.05, 0.1) is 0 Å². The zero-order chi connectivity index (χ0) is 13.1. The molecule has 0 aromatic heterocycles. The smallest absolute Gasteiger partial charge is 0.161 e. The maximum Gasteiger partial charge on any atom is 0.161 e. The molecule has 3 N–H and O–H groups in total. The molecule has 1 fully saturated rings. The molecule has 2 rings (SSSR count). The second kappa shape index (κ2) is 5.65. The van der Waals surface area contributed by atoms with E-state index in [1.165, 1.54) is 19.3 Å². The molecule has 3 nitrogen and oxygen atoms in total. The maximum atomic E-state index is 11.3. The van der Waals surface area contributed by atoms with Crippen LogP contribution >= 0.6 is 11.8 Å². The van der Waals surface area contributed by atoms with Crippen molar-refractivity contribution in [2.24, 2.45) is 0 Å². The number of nitrogens with two attached hydrogens (primary N) is 1. The summed E-state index contributed by atoms with van der Waals surface area (Å²) in [6, 6.07) is 6.14. The largest absolute Gasteiger partial charge is 0.398 e. The Bertz CT molecular complexity index is 447. The number of thioether (sulfide) groups is 1. The number of ketones is 1. The van der Waals surface area contributed by atoms with Crippen LogP contribution < -0.4 is 11.1 Å². The van der Waals surface area contributed by atoms with Gasteiger partial charge in [-0.25, -0.2) is 0 Å². The summed E-state index contributed by atoms with van der Waals surface area (Å²) in [6.07, 6.45) is 5.93. The van der Waals surface area contributed by atoms with Crippen LogP contribution in [0.25, 0.3) is 0 Å². The summed E-state index contributed by atoms with van der Waals surface area (Å²) in [7, 11) is 0. The highest BCUT2D eigenvalue weighted by atomic mass is 32.2. The lowest BCUT2D eigenvalue weighted by atomic mass is 10.1. The van der Waals surface area contributed by atoms with Crippen molar-refractivity contribution < 1.29 is 4.79 Å². The molecule has 0 aliphatic heterocycles. The van der Waals surface area contributed by atoms with Gasteiger partial charge in [0.25, 0.3) is 0 Å². The Hall–Kier alpha value is -1.16. The molecule has 0 amide bonds. The molecular weight excluding hydrogens is 244 g/mol. The summed E-state index contributed by atoms with van der Waals surface area (Å²) in [6.45, 7) is 1.54. The predicted molar refractivity (Wildman–Crippen MR) is 79.4 cm³/mol. The molecule has 1 saturated carbocycles. The van der Waals surface area contributed by atoms with Gasteiger partial charge in [0, 0.05) is 28.2 Å². The molecule has 4 heteroatoms. The number of anilines is 2. The lowest BCUT2D eigenvalue weighted by Crippen LogP contribution is -2.25. The van der Waals surface area contributed by atoms with Gasteiger partial charge in [0.2, 0.25) is 0 Å². The lowest BCUT2D eigenvalue weighted by Gasteiger charge is -2.20. The van der Waals surface area contributed by atoms with Crippen molar-refractivity contribution in [2.75, 3.05) is 17.3 Å². The van der Waals surface area contributed by atoms with Gasteiger partial charge in [-0.1, -0.05) is 6.42 Å². The quantitative estimate of drug-likeness (QED) is 0.648. The SMILES string of the molecule is CSC1CCCC1Nc1ccc(C(C)=O)c(N)c1. The fourth-order valence-electron chi connectivity index (χ4n) is 2.56. The molecule has 1 aliphatic rings. The molecule has 0 radical (unpaired) electrons. The summed E-state index contributed by atoms with van der Waals surface area (Å²) in [5.41, 5.74) is 8.08. The topological polar surface area (TPSA) is 55.1 Å². The van der Waals surface area contributed by atoms with Crippen LogP contribution in [0.4, 0.5) is 11.4 Å². The number of hydrogen-bond acceptors (Lipinski definition) is 4. The van der Waals surface area contributed by atoms with Crippen molar-refractivity contribution in [3.63, 3.8) is 0 Å². The van der Waals surface area contributed by atoms with E-state index in [0.717, 1.165) is 5.69 Å². The van der Waals surface area contributed by atoms with Gasteiger partial charge in [0.1, 0.15) is 0 Å². The number of carbonyl (C=O) groups is 1. The molecule has 0 saturated heterocycles. The molecule has 2 atom stereocenters. The van der Waals surface area contributed by atoms with Crippen molar-refractivity contribution in [3.8, 4) is 0 Å². The van der Waals surface area contributed by atoms with Gasteiger partial charge in [-0.15, -0.1) is 0 Å². The van der Waals surface area contributed by atoms with E-state index in [2.05, 4.69) is 11.6 Å². The van der Waals surface area contributed by atoms with Crippen molar-refractivity contribution in [1.29, 1.82) is 0 Å². The van der Waals surface area contributed by atoms with E-state index in [0.29, 0.717) is 22.5 Å². The first-order valence-corrected chi connectivity index (χ1v) is 7.60. The second-order valence-corrected chi connectivity index (χ2v) is 5.89. The van der Waals surface area contributed by atoms with E-state index in [1.807, 2.05) is 30.0 Å². The fourth-order valence-corrected chi connectivity index (χ4v) is 3.50. The minimum absolute atomic E-state index is 0.0157. The van der Waals surface area contributed by atoms with E-state index in [-0.39, 0.29) is 5.78 Å². The monoisotopic (exact) mass is 264 g/mol. The van der Waals surface area contributed by atoms with Crippen LogP contribution in [0.5, 0.6) is 0 Å². The third kappa shape index (κ3) is 2.80. The molecule has 1 aliphatic carbocycles. The minimum Gasteiger partial charge on any atom is -0.398 e. The minimum atomic E-state index is 0.0157. The average molecular weight is 264 g/mol. The Balaban J connectivity index is 2.10. The average Bonchev–Trinajstić information content (AvgIpc) is 2.76. The zero-order valence-corrected chi connectivity index (χ0v) is 11.7. The third-order valence-corrected chi connectivity index (χ3v) is 4.71. The Morgan fingerprint density at radius 1 is 1.44 bits per heavy atom. The second-order valence-electron chi connectivity index (χ2n) is 4.81. The molecule has 98 valence electrons. The lowest BCUT2D eigenvalue weighted by molar-refractivity contribution is 0.101. The first-order chi connectivity index (χ1) is 8.61. The van der Waals surface area contributed by atoms with Crippen LogP contribution in [0.2, 0.25) is 0 Å². The zero-order valence-electron chi connectivity index (χ0n) is 10.9. The van der Waals surface area contributed by atoms with E-state index < -0.39 is 0 Å². The van der Waals surface area contributed by atoms with Crippen LogP contribution in [-0.2, 0) is 0 Å². The molecule has 0 heterocycles. The molecular formula is C14H20N2OS. The van der Waals surface area contributed by atoms with Gasteiger partial charge in [-0.3, -0.25) is 4.79 Å². The summed E-state index contributed by atoms with van der Waals surface area (Å²) in [5.74, 6) is 0.0157. The molecule has 0 spiro atoms. The highest BCUT2D eigenvalue weighted by Gasteiger charge is 2.26. The Kier molecular flexibility index (Phi) is 4.17. The van der Waals surface area contributed by atoms with Crippen LogP contribution in [0, 0.1) is 0 Å². The molecule has 18 heavy (non-hydrogen) atoms. The van der Waals surface area contributed by atoms with Crippen molar-refractivity contribution in [2.45, 2.75) is 37.5 Å². The van der Waals surface area contributed by atoms with Crippen molar-refractivity contribution in [3.05, 3.63) is 23.8 Å². The molecule has 1 aromatic carbocycles. The summed E-state index contributed by atoms with van der Waals surface area (Å²) < 4.78 is 0. The van der Waals surface area contributed by atoms with Gasteiger partial charge in [-0.05, 0) is 44.2 Å². The summed E-state index contributed by atoms with van der Waals surface area (Å²) in [4.78, 5) is 11.3. The number of nitrogens with one attached hydrogen (secondary N) is 1. The Morgan fingerprint density at radius 3 is 2.83 bits per heavy atom. The van der Waals surface area contributed by atoms with Crippen molar-refractivity contribution >= 4 is 28.9 Å².